The summed E-state index contributed by atoms with van der Waals surface area (Å²) in [6.07, 6.45) is 8.91. The lowest BCUT2D eigenvalue weighted by Gasteiger charge is -2.04. The number of nitrogens with one attached hydrogen (secondary N) is 1. The average Bonchev–Trinajstić information content (AvgIpc) is 3.23. The highest BCUT2D eigenvalue weighted by Gasteiger charge is 1.99. The van der Waals surface area contributed by atoms with E-state index in [1.807, 2.05) is 24.0 Å². The van der Waals surface area contributed by atoms with E-state index in [0.717, 1.165) is 11.4 Å². The highest BCUT2D eigenvalue weighted by Crippen LogP contribution is 2.25. The number of nitrogens with zero attached hydrogens (tertiary/aromatic N) is 1. The summed E-state index contributed by atoms with van der Waals surface area (Å²) in [6, 6.07) is 19.1. The Morgan fingerprint density at radius 2 is 1.41 bits per heavy atom. The smallest absolute Gasteiger partial charge is 0.0921 e. The molecular formula is C24H34N2S. The summed E-state index contributed by atoms with van der Waals surface area (Å²) in [5.74, 6) is 0.921. The Bertz CT molecular complexity index is 674. The van der Waals surface area contributed by atoms with Gasteiger partial charge in [0.25, 0.3) is 0 Å². The summed E-state index contributed by atoms with van der Waals surface area (Å²) in [4.78, 5) is 8.40. The molecule has 2 aromatic carbocycles. The van der Waals surface area contributed by atoms with E-state index in [9.17, 15) is 0 Å². The Hall–Kier alpha value is -2.00. The molecule has 0 atom stereocenters. The summed E-state index contributed by atoms with van der Waals surface area (Å²) in [5, 5.41) is 0. The van der Waals surface area contributed by atoms with E-state index in [1.165, 1.54) is 41.7 Å². The van der Waals surface area contributed by atoms with Gasteiger partial charge in [-0.1, -0.05) is 95.8 Å². The van der Waals surface area contributed by atoms with Crippen molar-refractivity contribution in [1.82, 2.24) is 9.97 Å². The number of hydrogen-bond acceptors (Lipinski definition) is 2. The van der Waals surface area contributed by atoms with Gasteiger partial charge < -0.3 is 4.98 Å². The highest BCUT2D eigenvalue weighted by molar-refractivity contribution is 7.98. The number of imidazole rings is 1. The lowest BCUT2D eigenvalue weighted by molar-refractivity contribution is 0.772. The fourth-order valence-electron chi connectivity index (χ4n) is 2.25. The predicted molar refractivity (Wildman–Crippen MR) is 121 cm³/mol. The molecule has 0 saturated heterocycles. The summed E-state index contributed by atoms with van der Waals surface area (Å²) in [7, 11) is 0. The zero-order chi connectivity index (χ0) is 19.7. The van der Waals surface area contributed by atoms with Gasteiger partial charge >= 0.3 is 0 Å². The lowest BCUT2D eigenvalue weighted by Crippen LogP contribution is -1.80. The second-order valence-corrected chi connectivity index (χ2v) is 7.37. The number of hydrogen-bond donors (Lipinski definition) is 1. The van der Waals surface area contributed by atoms with Crippen molar-refractivity contribution in [2.24, 2.45) is 0 Å². The first kappa shape index (κ1) is 23.0. The molecule has 0 aliphatic heterocycles. The summed E-state index contributed by atoms with van der Waals surface area (Å²) < 4.78 is 0. The molecule has 3 aromatic rings. The maximum absolute atomic E-state index is 4.02. The fourth-order valence-corrected chi connectivity index (χ4v) is 3.06. The average molecular weight is 383 g/mol. The van der Waals surface area contributed by atoms with Crippen LogP contribution in [0.25, 0.3) is 11.1 Å². The van der Waals surface area contributed by atoms with Gasteiger partial charge in [-0.15, -0.1) is 11.8 Å². The third kappa shape index (κ3) is 10.0. The molecule has 0 spiro atoms. The topological polar surface area (TPSA) is 28.7 Å². The minimum absolute atomic E-state index is 0.921. The van der Waals surface area contributed by atoms with Gasteiger partial charge in [0.1, 0.15) is 0 Å². The van der Waals surface area contributed by atoms with Crippen LogP contribution in [0.3, 0.4) is 0 Å². The fraction of sp³-hybridized carbons (Fsp3) is 0.375. The van der Waals surface area contributed by atoms with Gasteiger partial charge in [0.15, 0.2) is 0 Å². The van der Waals surface area contributed by atoms with Gasteiger partial charge in [-0.3, -0.25) is 0 Å². The molecule has 2 nitrogen and oxygen atoms in total. The molecular weight excluding hydrogens is 348 g/mol. The molecule has 0 fully saturated rings. The molecule has 0 aliphatic rings. The maximum atomic E-state index is 4.02. The normalized spacial score (nSPS) is 9.63. The number of rotatable bonds is 6. The van der Waals surface area contributed by atoms with Crippen LogP contribution in [-0.4, -0.2) is 9.97 Å². The van der Waals surface area contributed by atoms with Crippen LogP contribution in [0.15, 0.2) is 72.0 Å². The number of aromatic amines is 1. The number of aromatic nitrogens is 2. The zero-order valence-electron chi connectivity index (χ0n) is 17.2. The van der Waals surface area contributed by atoms with Crippen molar-refractivity contribution in [1.29, 1.82) is 0 Å². The van der Waals surface area contributed by atoms with Crippen molar-refractivity contribution in [2.75, 3.05) is 0 Å². The summed E-state index contributed by atoms with van der Waals surface area (Å²) in [5.41, 5.74) is 3.66. The molecule has 3 heteroatoms. The van der Waals surface area contributed by atoms with Crippen LogP contribution in [0.2, 0.25) is 0 Å². The quantitative estimate of drug-likeness (QED) is 0.438. The maximum Gasteiger partial charge on any atom is 0.0921 e. The van der Waals surface area contributed by atoms with Crippen LogP contribution in [0, 0.1) is 0 Å². The molecule has 1 aromatic heterocycles. The number of thioether (sulfide) groups is 1. The van der Waals surface area contributed by atoms with Crippen LogP contribution in [0.5, 0.6) is 0 Å². The van der Waals surface area contributed by atoms with Crippen LogP contribution in [0.4, 0.5) is 0 Å². The monoisotopic (exact) mass is 382 g/mol. The standard InChI is InChI=1S/C16H14N2S.C5H12.C3H8/c1-2-4-13(5-3-1)14-6-8-16(9-7-14)19-11-15-10-17-12-18-15;1-3-5-4-2;1-3-2/h1-10,12H,11H2,(H,17,18);3-5H2,1-2H3;3H2,1-2H3. The second-order valence-electron chi connectivity index (χ2n) is 6.32. The van der Waals surface area contributed by atoms with Crippen molar-refractivity contribution in [2.45, 2.75) is 64.0 Å². The number of H-pyrrole nitrogens is 1. The summed E-state index contributed by atoms with van der Waals surface area (Å²) >= 11 is 1.81. The van der Waals surface area contributed by atoms with E-state index >= 15 is 0 Å². The van der Waals surface area contributed by atoms with Gasteiger partial charge in [0, 0.05) is 22.5 Å². The van der Waals surface area contributed by atoms with Crippen LogP contribution < -0.4 is 0 Å². The van der Waals surface area contributed by atoms with E-state index in [0.29, 0.717) is 0 Å². The number of benzene rings is 2. The Kier molecular flexibility index (Phi) is 12.9. The van der Waals surface area contributed by atoms with Gasteiger partial charge in [0.2, 0.25) is 0 Å². The zero-order valence-corrected chi connectivity index (χ0v) is 18.1. The number of unbranched alkanes of at least 4 members (excludes halogenated alkanes) is 2. The van der Waals surface area contributed by atoms with Crippen LogP contribution >= 0.6 is 11.8 Å². The first-order valence-corrected chi connectivity index (χ1v) is 11.0. The Labute approximate surface area is 169 Å². The summed E-state index contributed by atoms with van der Waals surface area (Å²) in [6.45, 7) is 8.67. The first-order valence-electron chi connectivity index (χ1n) is 10.0. The van der Waals surface area contributed by atoms with E-state index in [4.69, 9.17) is 0 Å². The van der Waals surface area contributed by atoms with Gasteiger partial charge in [0.05, 0.1) is 6.33 Å². The van der Waals surface area contributed by atoms with E-state index in [1.54, 1.807) is 6.33 Å². The molecule has 27 heavy (non-hydrogen) atoms. The van der Waals surface area contributed by atoms with E-state index in [-0.39, 0.29) is 0 Å². The molecule has 1 heterocycles. The largest absolute Gasteiger partial charge is 0.348 e. The Morgan fingerprint density at radius 1 is 0.815 bits per heavy atom. The molecule has 146 valence electrons. The molecule has 0 bridgehead atoms. The molecule has 3 rings (SSSR count). The first-order chi connectivity index (χ1) is 13.2. The molecule has 0 aliphatic carbocycles. The Morgan fingerprint density at radius 3 is 1.89 bits per heavy atom. The van der Waals surface area contributed by atoms with Crippen molar-refractivity contribution in [3.05, 3.63) is 72.8 Å². The van der Waals surface area contributed by atoms with E-state index in [2.05, 4.69) is 86.2 Å². The van der Waals surface area contributed by atoms with Gasteiger partial charge in [-0.05, 0) is 23.3 Å². The molecule has 0 saturated carbocycles. The Balaban J connectivity index is 0.000000390. The van der Waals surface area contributed by atoms with Crippen molar-refractivity contribution >= 4 is 11.8 Å². The third-order valence-electron chi connectivity index (χ3n) is 3.62. The third-order valence-corrected chi connectivity index (χ3v) is 4.68. The molecule has 0 amide bonds. The van der Waals surface area contributed by atoms with Crippen molar-refractivity contribution < 1.29 is 0 Å². The van der Waals surface area contributed by atoms with E-state index < -0.39 is 0 Å². The van der Waals surface area contributed by atoms with Gasteiger partial charge in [-0.25, -0.2) is 4.98 Å². The SMILES string of the molecule is CCC.CCCCC.c1ccc(-c2ccc(SCc3cnc[nH]3)cc2)cc1. The molecule has 1 N–H and O–H groups in total. The second kappa shape index (κ2) is 15.1. The highest BCUT2D eigenvalue weighted by atomic mass is 32.2. The van der Waals surface area contributed by atoms with Crippen LogP contribution in [-0.2, 0) is 5.75 Å². The minimum Gasteiger partial charge on any atom is -0.348 e. The molecule has 0 unspecified atom stereocenters. The van der Waals surface area contributed by atoms with Crippen molar-refractivity contribution in [3.63, 3.8) is 0 Å². The van der Waals surface area contributed by atoms with Gasteiger partial charge in [-0.2, -0.15) is 0 Å². The minimum atomic E-state index is 0.921. The van der Waals surface area contributed by atoms with Crippen LogP contribution in [0.1, 0.15) is 59.1 Å². The van der Waals surface area contributed by atoms with Crippen molar-refractivity contribution in [3.8, 4) is 11.1 Å². The lowest BCUT2D eigenvalue weighted by atomic mass is 10.1. The predicted octanol–water partition coefficient (Wildman–Crippen LogP) is 7.98. The molecule has 0 radical (unpaired) electrons.